The fourth-order valence-electron chi connectivity index (χ4n) is 1.41. The molecule has 0 amide bonds. The summed E-state index contributed by atoms with van der Waals surface area (Å²) >= 11 is -1.64. The number of ether oxygens (including phenoxy) is 1. The molecule has 0 heterocycles. The van der Waals surface area contributed by atoms with Crippen molar-refractivity contribution >= 4 is 17.0 Å². The van der Waals surface area contributed by atoms with Gasteiger partial charge in [0.2, 0.25) is 11.1 Å². The van der Waals surface area contributed by atoms with E-state index in [2.05, 4.69) is 0 Å². The van der Waals surface area contributed by atoms with Crippen LogP contribution in [0.4, 0.5) is 0 Å². The van der Waals surface area contributed by atoms with Gasteiger partial charge in [-0.15, -0.1) is 0 Å². The first-order chi connectivity index (χ1) is 9.76. The summed E-state index contributed by atoms with van der Waals surface area (Å²) in [5.74, 6) is 0.107. The molecule has 0 radical (unpaired) electrons. The minimum Gasteiger partial charge on any atom is -0.460 e. The summed E-state index contributed by atoms with van der Waals surface area (Å²) in [7, 11) is 0. The third-order valence-electron chi connectivity index (χ3n) is 2.18. The minimum absolute atomic E-state index is 0.0241. The molecule has 1 rings (SSSR count). The number of rotatable bonds is 6. The van der Waals surface area contributed by atoms with Gasteiger partial charge in [-0.25, -0.2) is 4.21 Å². The van der Waals surface area contributed by atoms with Crippen molar-refractivity contribution in [1.82, 2.24) is 0 Å². The molecule has 0 aromatic heterocycles. The molecule has 0 saturated heterocycles. The molecule has 21 heavy (non-hydrogen) atoms. The van der Waals surface area contributed by atoms with Gasteiger partial charge in [0, 0.05) is 11.4 Å². The van der Waals surface area contributed by atoms with E-state index in [4.69, 9.17) is 14.7 Å². The van der Waals surface area contributed by atoms with Gasteiger partial charge in [0.05, 0.1) is 6.42 Å². The molecule has 0 spiro atoms. The molecule has 0 fully saturated rings. The van der Waals surface area contributed by atoms with Crippen molar-refractivity contribution in [2.75, 3.05) is 0 Å². The quantitative estimate of drug-likeness (QED) is 0.816. The van der Waals surface area contributed by atoms with Gasteiger partial charge in [0.15, 0.2) is 0 Å². The van der Waals surface area contributed by atoms with Crippen LogP contribution in [0.3, 0.4) is 0 Å². The molecule has 0 aliphatic carbocycles. The van der Waals surface area contributed by atoms with Gasteiger partial charge in [-0.1, -0.05) is 24.3 Å². The zero-order valence-electron chi connectivity index (χ0n) is 12.4. The van der Waals surface area contributed by atoms with E-state index in [1.54, 1.807) is 45.0 Å². The van der Waals surface area contributed by atoms with Crippen molar-refractivity contribution in [3.63, 3.8) is 0 Å². The first-order valence-corrected chi connectivity index (χ1v) is 7.70. The smallest absolute Gasteiger partial charge is 0.308 e. The monoisotopic (exact) mass is 311 g/mol. The standard InChI is InChI=1S/C15H21NO4S/c1-15(2,3)19-14(17)11-12(16)9-10-21(18)20-13-7-5-4-6-8-13/h4-10,12H,11,16H2,1-3H3/b10-9+. The first-order valence-electron chi connectivity index (χ1n) is 6.56. The lowest BCUT2D eigenvalue weighted by Crippen LogP contribution is -2.29. The van der Waals surface area contributed by atoms with Crippen LogP contribution in [0.25, 0.3) is 0 Å². The summed E-state index contributed by atoms with van der Waals surface area (Å²) in [6.45, 7) is 5.36. The van der Waals surface area contributed by atoms with Gasteiger partial charge in [-0.05, 0) is 32.9 Å². The molecule has 6 heteroatoms. The summed E-state index contributed by atoms with van der Waals surface area (Å²) in [5.41, 5.74) is 5.22. The van der Waals surface area contributed by atoms with Crippen LogP contribution in [-0.2, 0) is 20.6 Å². The Bertz CT molecular complexity index is 508. The van der Waals surface area contributed by atoms with Crippen molar-refractivity contribution < 1.29 is 17.9 Å². The Kier molecular flexibility index (Phi) is 6.58. The molecular formula is C15H21NO4S. The Balaban J connectivity index is 2.41. The van der Waals surface area contributed by atoms with Crippen LogP contribution in [0.2, 0.25) is 0 Å². The maximum absolute atomic E-state index is 11.7. The number of esters is 1. The van der Waals surface area contributed by atoms with Crippen molar-refractivity contribution in [2.45, 2.75) is 38.8 Å². The van der Waals surface area contributed by atoms with Crippen molar-refractivity contribution in [1.29, 1.82) is 0 Å². The topological polar surface area (TPSA) is 78.6 Å². The van der Waals surface area contributed by atoms with Gasteiger partial charge in [0.25, 0.3) is 0 Å². The van der Waals surface area contributed by atoms with Crippen LogP contribution in [-0.4, -0.2) is 21.8 Å². The zero-order chi connectivity index (χ0) is 15.9. The Morgan fingerprint density at radius 2 is 1.95 bits per heavy atom. The molecule has 5 nitrogen and oxygen atoms in total. The molecule has 0 aliphatic rings. The highest BCUT2D eigenvalue weighted by molar-refractivity contribution is 7.83. The molecule has 1 aromatic carbocycles. The maximum Gasteiger partial charge on any atom is 0.308 e. The lowest BCUT2D eigenvalue weighted by Gasteiger charge is -2.20. The highest BCUT2D eigenvalue weighted by Gasteiger charge is 2.17. The second-order valence-electron chi connectivity index (χ2n) is 5.44. The molecular weight excluding hydrogens is 290 g/mol. The summed E-state index contributed by atoms with van der Waals surface area (Å²) < 4.78 is 22.0. The van der Waals surface area contributed by atoms with Crippen LogP contribution in [0.1, 0.15) is 27.2 Å². The van der Waals surface area contributed by atoms with Crippen LogP contribution in [0.5, 0.6) is 5.75 Å². The molecule has 2 atom stereocenters. The fourth-order valence-corrected chi connectivity index (χ4v) is 2.09. The van der Waals surface area contributed by atoms with Crippen molar-refractivity contribution in [2.24, 2.45) is 5.73 Å². The summed E-state index contributed by atoms with van der Waals surface area (Å²) in [6.07, 6.45) is 1.50. The molecule has 0 aliphatic heterocycles. The maximum atomic E-state index is 11.7. The van der Waals surface area contributed by atoms with Crippen molar-refractivity contribution in [3.8, 4) is 5.75 Å². The molecule has 1 aromatic rings. The second kappa shape index (κ2) is 7.95. The van der Waals surface area contributed by atoms with E-state index in [1.807, 2.05) is 6.07 Å². The lowest BCUT2D eigenvalue weighted by atomic mass is 10.2. The Labute approximate surface area is 127 Å². The zero-order valence-corrected chi connectivity index (χ0v) is 13.3. The van der Waals surface area contributed by atoms with Gasteiger partial charge < -0.3 is 14.7 Å². The summed E-state index contributed by atoms with van der Waals surface area (Å²) in [5, 5.41) is 1.32. The van der Waals surface area contributed by atoms with Crippen LogP contribution < -0.4 is 9.92 Å². The van der Waals surface area contributed by atoms with E-state index in [0.29, 0.717) is 5.75 Å². The normalized spacial score (nSPS) is 14.7. The van der Waals surface area contributed by atoms with Gasteiger partial charge in [0.1, 0.15) is 11.4 Å². The Morgan fingerprint density at radius 3 is 2.52 bits per heavy atom. The number of carbonyl (C=O) groups excluding carboxylic acids is 1. The first kappa shape index (κ1) is 17.4. The molecule has 2 N–H and O–H groups in total. The number of benzene rings is 1. The predicted octanol–water partition coefficient (Wildman–Crippen LogP) is 2.30. The van der Waals surface area contributed by atoms with E-state index >= 15 is 0 Å². The minimum atomic E-state index is -1.64. The number of hydrogen-bond acceptors (Lipinski definition) is 5. The Hall–Kier alpha value is -1.66. The third kappa shape index (κ3) is 8.27. The highest BCUT2D eigenvalue weighted by atomic mass is 32.2. The average molecular weight is 311 g/mol. The second-order valence-corrected chi connectivity index (χ2v) is 6.40. The van der Waals surface area contributed by atoms with Gasteiger partial charge in [-0.3, -0.25) is 4.79 Å². The fraction of sp³-hybridized carbons (Fsp3) is 0.400. The highest BCUT2D eigenvalue weighted by Crippen LogP contribution is 2.11. The van der Waals surface area contributed by atoms with E-state index in [1.165, 1.54) is 11.5 Å². The number of nitrogens with two attached hydrogens (primary N) is 1. The molecule has 0 saturated carbocycles. The molecule has 0 bridgehead atoms. The van der Waals surface area contributed by atoms with Gasteiger partial charge in [-0.2, -0.15) is 0 Å². The summed E-state index contributed by atoms with van der Waals surface area (Å²) in [6, 6.07) is 8.24. The van der Waals surface area contributed by atoms with Crippen molar-refractivity contribution in [3.05, 3.63) is 41.8 Å². The van der Waals surface area contributed by atoms with E-state index < -0.39 is 28.7 Å². The number of carbonyl (C=O) groups is 1. The molecule has 116 valence electrons. The Morgan fingerprint density at radius 1 is 1.33 bits per heavy atom. The number of hydrogen-bond donors (Lipinski definition) is 1. The van der Waals surface area contributed by atoms with Crippen LogP contribution in [0, 0.1) is 0 Å². The SMILES string of the molecule is CC(C)(C)OC(=O)CC(N)/C=C/S(=O)Oc1ccccc1. The number of para-hydroxylation sites is 1. The predicted molar refractivity (Wildman–Crippen MR) is 82.8 cm³/mol. The van der Waals surface area contributed by atoms with E-state index in [9.17, 15) is 9.00 Å². The third-order valence-corrected chi connectivity index (χ3v) is 2.92. The molecule has 2 unspecified atom stereocenters. The average Bonchev–Trinajstić information content (AvgIpc) is 2.35. The van der Waals surface area contributed by atoms with Crippen LogP contribution >= 0.6 is 0 Å². The van der Waals surface area contributed by atoms with Gasteiger partial charge >= 0.3 is 5.97 Å². The lowest BCUT2D eigenvalue weighted by molar-refractivity contribution is -0.154. The van der Waals surface area contributed by atoms with E-state index in [0.717, 1.165) is 0 Å². The largest absolute Gasteiger partial charge is 0.460 e. The summed E-state index contributed by atoms with van der Waals surface area (Å²) in [4.78, 5) is 11.6. The van der Waals surface area contributed by atoms with Crippen LogP contribution in [0.15, 0.2) is 41.8 Å². The van der Waals surface area contributed by atoms with E-state index in [-0.39, 0.29) is 6.42 Å².